The molecule has 206 valence electrons. The molecule has 0 unspecified atom stereocenters. The van der Waals surface area contributed by atoms with Crippen molar-refractivity contribution in [3.8, 4) is 5.75 Å². The number of amidine groups is 1. The van der Waals surface area contributed by atoms with Crippen LogP contribution in [0.25, 0.3) is 0 Å². The van der Waals surface area contributed by atoms with Crippen LogP contribution in [0.2, 0.25) is 0 Å². The smallest absolute Gasteiger partial charge is 0.222 e. The monoisotopic (exact) mass is 531 g/mol. The summed E-state index contributed by atoms with van der Waals surface area (Å²) in [5.74, 6) is 2.39. The number of aliphatic imine (C=N–C) groups is 2. The largest absolute Gasteiger partial charge is 0.497 e. The number of benzene rings is 2. The van der Waals surface area contributed by atoms with E-state index in [0.717, 1.165) is 61.0 Å². The van der Waals surface area contributed by atoms with E-state index in [1.807, 2.05) is 61.2 Å². The molecular weight excluding hydrogens is 493 g/mol. The Balaban J connectivity index is 0.000000216. The van der Waals surface area contributed by atoms with E-state index in [1.165, 1.54) is 6.07 Å². The number of hydrogen-bond donors (Lipinski definition) is 0. The summed E-state index contributed by atoms with van der Waals surface area (Å²) in [5, 5.41) is 0. The predicted octanol–water partition coefficient (Wildman–Crippen LogP) is 5.56. The Labute approximate surface area is 231 Å². The molecule has 1 amide bonds. The number of pyridine rings is 1. The average molecular weight is 532 g/mol. The van der Waals surface area contributed by atoms with E-state index in [-0.39, 0.29) is 11.7 Å². The molecule has 0 N–H and O–H groups in total. The molecule has 39 heavy (non-hydrogen) atoms. The van der Waals surface area contributed by atoms with Crippen LogP contribution in [0.5, 0.6) is 5.75 Å². The molecule has 4 rings (SSSR count). The lowest BCUT2D eigenvalue weighted by atomic mass is 10.1. The third kappa shape index (κ3) is 8.46. The van der Waals surface area contributed by atoms with Gasteiger partial charge >= 0.3 is 0 Å². The van der Waals surface area contributed by atoms with Crippen molar-refractivity contribution < 1.29 is 13.9 Å². The van der Waals surface area contributed by atoms with E-state index in [4.69, 9.17) is 4.74 Å². The summed E-state index contributed by atoms with van der Waals surface area (Å²) in [6, 6.07) is 18.6. The van der Waals surface area contributed by atoms with Gasteiger partial charge in [-0.15, -0.1) is 0 Å². The zero-order chi connectivity index (χ0) is 28.2. The molecule has 0 aliphatic carbocycles. The number of hydrogen-bond acceptors (Lipinski definition) is 5. The van der Waals surface area contributed by atoms with Gasteiger partial charge in [0.15, 0.2) is 5.84 Å². The first-order valence-corrected chi connectivity index (χ1v) is 13.2. The first-order valence-electron chi connectivity index (χ1n) is 13.2. The van der Waals surface area contributed by atoms with Crippen LogP contribution in [0.3, 0.4) is 0 Å². The molecular formula is C31H38FN5O2. The highest BCUT2D eigenvalue weighted by atomic mass is 19.1. The summed E-state index contributed by atoms with van der Waals surface area (Å²) >= 11 is 0. The van der Waals surface area contributed by atoms with Gasteiger partial charge in [0.1, 0.15) is 17.4 Å². The fourth-order valence-corrected chi connectivity index (χ4v) is 4.19. The van der Waals surface area contributed by atoms with E-state index in [9.17, 15) is 9.18 Å². The highest BCUT2D eigenvalue weighted by Crippen LogP contribution is 2.19. The number of halogens is 1. The standard InChI is InChI=1S/C17H17FN2.C14H21N3O2/c1-12-11-15(9-10-16(12)18)17(19-3)20-13(2)14-7-5-4-6-8-14;1-3-4-14(18)17-9-7-16(8-10-17)13-11-12(19-2)5-6-15-13/h4-11H,1-3H3;5-6,11H,3-4,7-10H2,1-2H3. The maximum atomic E-state index is 13.3. The SMILES string of the molecule is CCCC(=O)N1CCN(c2cc(OC)ccn2)CC1.CN=C(N=C(C)c1ccccc1)c1ccc(F)c(C)c1. The van der Waals surface area contributed by atoms with Crippen molar-refractivity contribution in [3.63, 3.8) is 0 Å². The first-order chi connectivity index (χ1) is 18.9. The predicted molar refractivity (Wildman–Crippen MR) is 157 cm³/mol. The number of ether oxygens (including phenoxy) is 1. The number of anilines is 1. The molecule has 3 aromatic rings. The van der Waals surface area contributed by atoms with Gasteiger partial charge in [-0.2, -0.15) is 0 Å². The Morgan fingerprint density at radius 3 is 2.36 bits per heavy atom. The number of nitrogens with zero attached hydrogens (tertiary/aromatic N) is 5. The second-order valence-corrected chi connectivity index (χ2v) is 9.25. The molecule has 0 saturated carbocycles. The van der Waals surface area contributed by atoms with Crippen LogP contribution in [0.4, 0.5) is 10.2 Å². The molecule has 2 heterocycles. The topological polar surface area (TPSA) is 70.4 Å². The molecule has 0 spiro atoms. The second kappa shape index (κ2) is 14.8. The average Bonchev–Trinajstić information content (AvgIpc) is 2.98. The summed E-state index contributed by atoms with van der Waals surface area (Å²) in [6.07, 6.45) is 3.32. The third-order valence-electron chi connectivity index (χ3n) is 6.47. The summed E-state index contributed by atoms with van der Waals surface area (Å²) in [4.78, 5) is 29.1. The van der Waals surface area contributed by atoms with E-state index in [1.54, 1.807) is 39.4 Å². The molecule has 0 bridgehead atoms. The van der Waals surface area contributed by atoms with Crippen molar-refractivity contribution in [2.24, 2.45) is 9.98 Å². The van der Waals surface area contributed by atoms with E-state index < -0.39 is 0 Å². The number of piperazine rings is 1. The fraction of sp³-hybridized carbons (Fsp3) is 0.355. The summed E-state index contributed by atoms with van der Waals surface area (Å²) in [7, 11) is 3.34. The Morgan fingerprint density at radius 2 is 1.74 bits per heavy atom. The first kappa shape index (κ1) is 29.5. The van der Waals surface area contributed by atoms with E-state index in [2.05, 4.69) is 19.9 Å². The van der Waals surface area contributed by atoms with Gasteiger partial charge in [-0.05, 0) is 55.7 Å². The van der Waals surface area contributed by atoms with Gasteiger partial charge < -0.3 is 14.5 Å². The van der Waals surface area contributed by atoms with Crippen molar-refractivity contribution in [2.45, 2.75) is 33.6 Å². The molecule has 0 atom stereocenters. The molecule has 1 aliphatic heterocycles. The highest BCUT2D eigenvalue weighted by molar-refractivity contribution is 6.11. The lowest BCUT2D eigenvalue weighted by Crippen LogP contribution is -2.49. The van der Waals surface area contributed by atoms with Crippen molar-refractivity contribution in [3.05, 3.63) is 89.4 Å². The van der Waals surface area contributed by atoms with Gasteiger partial charge in [-0.25, -0.2) is 14.4 Å². The van der Waals surface area contributed by atoms with Crippen molar-refractivity contribution in [1.82, 2.24) is 9.88 Å². The molecule has 2 aromatic carbocycles. The summed E-state index contributed by atoms with van der Waals surface area (Å²) in [6.45, 7) is 8.92. The van der Waals surface area contributed by atoms with Crippen LogP contribution in [-0.4, -0.2) is 67.7 Å². The second-order valence-electron chi connectivity index (χ2n) is 9.25. The lowest BCUT2D eigenvalue weighted by molar-refractivity contribution is -0.131. The van der Waals surface area contributed by atoms with E-state index in [0.29, 0.717) is 17.8 Å². The summed E-state index contributed by atoms with van der Waals surface area (Å²) < 4.78 is 18.5. The zero-order valence-corrected chi connectivity index (χ0v) is 23.5. The highest BCUT2D eigenvalue weighted by Gasteiger charge is 2.21. The number of methoxy groups -OCH3 is 1. The van der Waals surface area contributed by atoms with Crippen LogP contribution in [0.1, 0.15) is 43.4 Å². The number of aromatic nitrogens is 1. The van der Waals surface area contributed by atoms with Crippen molar-refractivity contribution in [2.75, 3.05) is 45.2 Å². The molecule has 1 aliphatic rings. The quantitative estimate of drug-likeness (QED) is 0.309. The van der Waals surface area contributed by atoms with Gasteiger partial charge in [0, 0.05) is 63.2 Å². The number of amides is 1. The third-order valence-corrected chi connectivity index (χ3v) is 6.47. The Hall–Kier alpha value is -4.07. The minimum absolute atomic E-state index is 0.215. The minimum Gasteiger partial charge on any atom is -0.497 e. The van der Waals surface area contributed by atoms with Crippen LogP contribution < -0.4 is 9.64 Å². The van der Waals surface area contributed by atoms with Crippen LogP contribution in [0.15, 0.2) is 76.8 Å². The summed E-state index contributed by atoms with van der Waals surface area (Å²) in [5.41, 5.74) is 3.35. The normalized spacial score (nSPS) is 14.0. The maximum absolute atomic E-state index is 13.3. The van der Waals surface area contributed by atoms with Crippen LogP contribution in [-0.2, 0) is 4.79 Å². The van der Waals surface area contributed by atoms with Gasteiger partial charge in [0.2, 0.25) is 5.91 Å². The number of rotatable bonds is 6. The number of carbonyl (C=O) groups is 1. The van der Waals surface area contributed by atoms with Gasteiger partial charge in [0.25, 0.3) is 0 Å². The zero-order valence-electron chi connectivity index (χ0n) is 23.5. The minimum atomic E-state index is -0.215. The molecule has 1 fully saturated rings. The number of carbonyl (C=O) groups excluding carboxylic acids is 1. The molecule has 1 aromatic heterocycles. The van der Waals surface area contributed by atoms with Crippen molar-refractivity contribution >= 4 is 23.3 Å². The molecule has 7 nitrogen and oxygen atoms in total. The maximum Gasteiger partial charge on any atom is 0.222 e. The van der Waals surface area contributed by atoms with Crippen molar-refractivity contribution in [1.29, 1.82) is 0 Å². The Kier molecular flexibility index (Phi) is 11.2. The Morgan fingerprint density at radius 1 is 1.03 bits per heavy atom. The Bertz CT molecular complexity index is 1290. The van der Waals surface area contributed by atoms with Crippen LogP contribution >= 0.6 is 0 Å². The lowest BCUT2D eigenvalue weighted by Gasteiger charge is -2.35. The molecule has 0 radical (unpaired) electrons. The number of aryl methyl sites for hydroxylation is 1. The molecule has 1 saturated heterocycles. The van der Waals surface area contributed by atoms with Gasteiger partial charge in [-0.1, -0.05) is 37.3 Å². The van der Waals surface area contributed by atoms with E-state index >= 15 is 0 Å². The van der Waals surface area contributed by atoms with Gasteiger partial charge in [-0.3, -0.25) is 9.79 Å². The fourth-order valence-electron chi connectivity index (χ4n) is 4.19. The van der Waals surface area contributed by atoms with Gasteiger partial charge in [0.05, 0.1) is 7.11 Å². The molecule has 8 heteroatoms. The van der Waals surface area contributed by atoms with Crippen LogP contribution in [0, 0.1) is 12.7 Å².